The number of carbonyl (C=O) groups is 1. The molecule has 0 saturated heterocycles. The van der Waals surface area contributed by atoms with Gasteiger partial charge in [-0.25, -0.2) is 0 Å². The predicted octanol–water partition coefficient (Wildman–Crippen LogP) is 2.06. The molecule has 3 heteroatoms. The van der Waals surface area contributed by atoms with Gasteiger partial charge in [-0.3, -0.25) is 4.79 Å². The Morgan fingerprint density at radius 1 is 1.38 bits per heavy atom. The maximum atomic E-state index is 10.6. The third-order valence-electron chi connectivity index (χ3n) is 2.74. The minimum atomic E-state index is -0.911. The summed E-state index contributed by atoms with van der Waals surface area (Å²) in [4.78, 5) is 10.6. The summed E-state index contributed by atoms with van der Waals surface area (Å²) in [6, 6.07) is 9.47. The summed E-state index contributed by atoms with van der Waals surface area (Å²) in [6.07, 6.45) is 2.50. The predicted molar refractivity (Wildman–Crippen MR) is 64.2 cm³/mol. The molecule has 0 aromatic heterocycles. The summed E-state index contributed by atoms with van der Waals surface area (Å²) in [7, 11) is 0. The number of nitrogens with two attached hydrogens (primary N) is 1. The van der Waals surface area contributed by atoms with E-state index in [9.17, 15) is 4.79 Å². The third-order valence-corrected chi connectivity index (χ3v) is 2.74. The van der Waals surface area contributed by atoms with E-state index < -0.39 is 12.0 Å². The van der Waals surface area contributed by atoms with Gasteiger partial charge in [0.1, 0.15) is 6.04 Å². The van der Waals surface area contributed by atoms with E-state index in [0.717, 1.165) is 12.8 Å². The van der Waals surface area contributed by atoms with Gasteiger partial charge in [0.25, 0.3) is 0 Å². The Hall–Kier alpha value is -1.35. The lowest BCUT2D eigenvalue weighted by molar-refractivity contribution is -0.138. The van der Waals surface area contributed by atoms with Gasteiger partial charge >= 0.3 is 5.97 Å². The maximum Gasteiger partial charge on any atom is 0.320 e. The first kappa shape index (κ1) is 12.7. The fourth-order valence-corrected chi connectivity index (χ4v) is 1.71. The molecule has 1 aromatic carbocycles. The first-order chi connectivity index (χ1) is 7.59. The zero-order valence-electron chi connectivity index (χ0n) is 9.60. The van der Waals surface area contributed by atoms with Crippen LogP contribution in [0, 0.1) is 5.92 Å². The zero-order chi connectivity index (χ0) is 12.0. The zero-order valence-corrected chi connectivity index (χ0v) is 9.60. The van der Waals surface area contributed by atoms with Gasteiger partial charge in [0.2, 0.25) is 0 Å². The number of carboxylic acid groups (broad SMARTS) is 1. The van der Waals surface area contributed by atoms with E-state index in [1.807, 2.05) is 25.1 Å². The van der Waals surface area contributed by atoms with Crippen LogP contribution in [-0.2, 0) is 11.2 Å². The number of aryl methyl sites for hydroxylation is 1. The van der Waals surface area contributed by atoms with Gasteiger partial charge in [0, 0.05) is 0 Å². The quantitative estimate of drug-likeness (QED) is 0.772. The molecule has 0 saturated carbocycles. The number of rotatable bonds is 6. The van der Waals surface area contributed by atoms with Crippen LogP contribution in [0.5, 0.6) is 0 Å². The average molecular weight is 221 g/mol. The number of benzene rings is 1. The highest BCUT2D eigenvalue weighted by molar-refractivity contribution is 5.72. The highest BCUT2D eigenvalue weighted by Gasteiger charge is 2.15. The van der Waals surface area contributed by atoms with E-state index in [4.69, 9.17) is 10.8 Å². The van der Waals surface area contributed by atoms with Gasteiger partial charge in [-0.15, -0.1) is 0 Å². The smallest absolute Gasteiger partial charge is 0.320 e. The third kappa shape index (κ3) is 4.45. The molecule has 0 bridgehead atoms. The molecule has 1 unspecified atom stereocenters. The van der Waals surface area contributed by atoms with Crippen LogP contribution in [0.25, 0.3) is 0 Å². The van der Waals surface area contributed by atoms with E-state index in [-0.39, 0.29) is 0 Å². The van der Waals surface area contributed by atoms with Crippen molar-refractivity contribution in [2.75, 3.05) is 0 Å². The Labute approximate surface area is 96.3 Å². The van der Waals surface area contributed by atoms with Crippen molar-refractivity contribution in [1.82, 2.24) is 0 Å². The van der Waals surface area contributed by atoms with Crippen molar-refractivity contribution < 1.29 is 9.90 Å². The summed E-state index contributed by atoms with van der Waals surface area (Å²) < 4.78 is 0. The molecular formula is C13H19NO2. The largest absolute Gasteiger partial charge is 0.480 e. The van der Waals surface area contributed by atoms with Crippen molar-refractivity contribution in [3.8, 4) is 0 Å². The summed E-state index contributed by atoms with van der Waals surface area (Å²) >= 11 is 0. The van der Waals surface area contributed by atoms with Gasteiger partial charge in [0.15, 0.2) is 0 Å². The molecule has 0 aliphatic rings. The molecule has 0 radical (unpaired) electrons. The van der Waals surface area contributed by atoms with Gasteiger partial charge in [-0.1, -0.05) is 37.3 Å². The van der Waals surface area contributed by atoms with Crippen LogP contribution in [0.1, 0.15) is 25.3 Å². The Morgan fingerprint density at radius 2 is 2.00 bits per heavy atom. The molecule has 0 amide bonds. The number of hydrogen-bond acceptors (Lipinski definition) is 2. The van der Waals surface area contributed by atoms with Crippen LogP contribution < -0.4 is 5.73 Å². The molecule has 88 valence electrons. The molecule has 16 heavy (non-hydrogen) atoms. The first-order valence-corrected chi connectivity index (χ1v) is 5.62. The molecule has 0 fully saturated rings. The molecule has 0 aliphatic heterocycles. The standard InChI is InChI=1S/C13H19NO2/c1-10(9-12(14)13(15)16)7-8-11-5-3-2-4-6-11/h2-6,10,12H,7-9,14H2,1H3,(H,15,16)/t10?,12-/m0/s1. The second-order valence-electron chi connectivity index (χ2n) is 4.31. The van der Waals surface area contributed by atoms with Crippen molar-refractivity contribution in [2.24, 2.45) is 11.7 Å². The summed E-state index contributed by atoms with van der Waals surface area (Å²) in [5.41, 5.74) is 6.78. The van der Waals surface area contributed by atoms with Crippen molar-refractivity contribution in [3.05, 3.63) is 35.9 Å². The monoisotopic (exact) mass is 221 g/mol. The fourth-order valence-electron chi connectivity index (χ4n) is 1.71. The molecule has 0 heterocycles. The second-order valence-corrected chi connectivity index (χ2v) is 4.31. The van der Waals surface area contributed by atoms with Crippen LogP contribution in [-0.4, -0.2) is 17.1 Å². The highest BCUT2D eigenvalue weighted by Crippen LogP contribution is 2.13. The number of carboxylic acids is 1. The Morgan fingerprint density at radius 3 is 2.56 bits per heavy atom. The van der Waals surface area contributed by atoms with E-state index in [2.05, 4.69) is 12.1 Å². The lowest BCUT2D eigenvalue weighted by Crippen LogP contribution is -2.31. The lowest BCUT2D eigenvalue weighted by atomic mass is 9.95. The van der Waals surface area contributed by atoms with Crippen molar-refractivity contribution in [2.45, 2.75) is 32.2 Å². The van der Waals surface area contributed by atoms with E-state index >= 15 is 0 Å². The highest BCUT2D eigenvalue weighted by atomic mass is 16.4. The Balaban J connectivity index is 2.30. The van der Waals surface area contributed by atoms with Crippen LogP contribution in [0.4, 0.5) is 0 Å². The summed E-state index contributed by atoms with van der Waals surface area (Å²) in [5.74, 6) is -0.571. The SMILES string of the molecule is CC(CCc1ccccc1)C[C@H](N)C(=O)O. The van der Waals surface area contributed by atoms with E-state index in [0.29, 0.717) is 12.3 Å². The molecule has 1 rings (SSSR count). The lowest BCUT2D eigenvalue weighted by Gasteiger charge is -2.13. The first-order valence-electron chi connectivity index (χ1n) is 5.62. The normalized spacial score (nSPS) is 14.4. The second kappa shape index (κ2) is 6.28. The molecule has 0 aliphatic carbocycles. The van der Waals surface area contributed by atoms with Crippen LogP contribution in [0.2, 0.25) is 0 Å². The fraction of sp³-hybridized carbons (Fsp3) is 0.462. The van der Waals surface area contributed by atoms with Crippen molar-refractivity contribution in [3.63, 3.8) is 0 Å². The molecule has 0 spiro atoms. The molecule has 3 N–H and O–H groups in total. The van der Waals surface area contributed by atoms with Gasteiger partial charge in [-0.2, -0.15) is 0 Å². The number of aliphatic carboxylic acids is 1. The molecule has 2 atom stereocenters. The van der Waals surface area contributed by atoms with Gasteiger partial charge in [0.05, 0.1) is 0 Å². The molecular weight excluding hydrogens is 202 g/mol. The Bertz CT molecular complexity index is 324. The molecule has 1 aromatic rings. The Kier molecular flexibility index (Phi) is 4.99. The molecule has 3 nitrogen and oxygen atoms in total. The summed E-state index contributed by atoms with van der Waals surface area (Å²) in [5, 5.41) is 8.69. The van der Waals surface area contributed by atoms with Gasteiger partial charge in [-0.05, 0) is 30.7 Å². The topological polar surface area (TPSA) is 63.3 Å². The maximum absolute atomic E-state index is 10.6. The van der Waals surface area contributed by atoms with Crippen molar-refractivity contribution in [1.29, 1.82) is 0 Å². The minimum Gasteiger partial charge on any atom is -0.480 e. The van der Waals surface area contributed by atoms with Crippen LogP contribution in [0.15, 0.2) is 30.3 Å². The van der Waals surface area contributed by atoms with E-state index in [1.54, 1.807) is 0 Å². The number of hydrogen-bond donors (Lipinski definition) is 2. The average Bonchev–Trinajstić information content (AvgIpc) is 2.27. The van der Waals surface area contributed by atoms with E-state index in [1.165, 1.54) is 5.56 Å². The summed E-state index contributed by atoms with van der Waals surface area (Å²) in [6.45, 7) is 2.05. The van der Waals surface area contributed by atoms with Crippen molar-refractivity contribution >= 4 is 5.97 Å². The van der Waals surface area contributed by atoms with Crippen LogP contribution >= 0.6 is 0 Å². The van der Waals surface area contributed by atoms with Crippen LogP contribution in [0.3, 0.4) is 0 Å². The van der Waals surface area contributed by atoms with Gasteiger partial charge < -0.3 is 10.8 Å². The minimum absolute atomic E-state index is 0.339.